The Labute approximate surface area is 203 Å². The monoisotopic (exact) mass is 542 g/mol. The Morgan fingerprint density at radius 2 is 1.88 bits per heavy atom. The molecule has 0 saturated carbocycles. The summed E-state index contributed by atoms with van der Waals surface area (Å²) < 4.78 is 33.9. The van der Waals surface area contributed by atoms with Gasteiger partial charge in [0, 0.05) is 23.2 Å². The normalized spacial score (nSPS) is 17.2. The molecule has 3 rings (SSSR count). The SMILES string of the molecule is CCc1cc(Br)cc(CC)c1NC(=O)[C@H]1CCCN(S(=O)(=O)c2ccc(OC)c(Cl)c2)C1. The van der Waals surface area contributed by atoms with Crippen LogP contribution < -0.4 is 10.1 Å². The number of rotatable bonds is 7. The summed E-state index contributed by atoms with van der Waals surface area (Å²) in [6, 6.07) is 8.43. The molecule has 1 aliphatic rings. The smallest absolute Gasteiger partial charge is 0.243 e. The molecule has 1 aliphatic heterocycles. The number of nitrogens with zero attached hydrogens (tertiary/aromatic N) is 1. The number of amides is 1. The number of ether oxygens (including phenoxy) is 1. The van der Waals surface area contributed by atoms with E-state index in [0.29, 0.717) is 25.1 Å². The van der Waals surface area contributed by atoms with Crippen molar-refractivity contribution < 1.29 is 17.9 Å². The number of aryl methyl sites for hydroxylation is 2. The van der Waals surface area contributed by atoms with Crippen LogP contribution in [0.4, 0.5) is 5.69 Å². The summed E-state index contributed by atoms with van der Waals surface area (Å²) in [5, 5.41) is 3.33. The van der Waals surface area contributed by atoms with Gasteiger partial charge in [0.15, 0.2) is 0 Å². The highest BCUT2D eigenvalue weighted by molar-refractivity contribution is 9.10. The van der Waals surface area contributed by atoms with Gasteiger partial charge in [-0.15, -0.1) is 0 Å². The van der Waals surface area contributed by atoms with Gasteiger partial charge >= 0.3 is 0 Å². The molecule has 32 heavy (non-hydrogen) atoms. The summed E-state index contributed by atoms with van der Waals surface area (Å²) >= 11 is 9.67. The first-order valence-electron chi connectivity index (χ1n) is 10.7. The van der Waals surface area contributed by atoms with Crippen molar-refractivity contribution in [1.82, 2.24) is 4.31 Å². The van der Waals surface area contributed by atoms with E-state index in [9.17, 15) is 13.2 Å². The number of carbonyl (C=O) groups excluding carboxylic acids is 1. The summed E-state index contributed by atoms with van der Waals surface area (Å²) in [5.74, 6) is -0.163. The second-order valence-electron chi connectivity index (χ2n) is 7.79. The van der Waals surface area contributed by atoms with Crippen LogP contribution in [0.5, 0.6) is 5.75 Å². The molecule has 2 aromatic carbocycles. The number of piperidine rings is 1. The van der Waals surface area contributed by atoms with Gasteiger partial charge in [-0.25, -0.2) is 8.42 Å². The van der Waals surface area contributed by atoms with Crippen LogP contribution >= 0.6 is 27.5 Å². The average molecular weight is 544 g/mol. The third-order valence-electron chi connectivity index (χ3n) is 5.79. The van der Waals surface area contributed by atoms with E-state index in [2.05, 4.69) is 21.2 Å². The Hall–Kier alpha value is -1.61. The fraction of sp³-hybridized carbons (Fsp3) is 0.435. The van der Waals surface area contributed by atoms with E-state index >= 15 is 0 Å². The molecule has 1 fully saturated rings. The van der Waals surface area contributed by atoms with Gasteiger partial charge in [-0.2, -0.15) is 4.31 Å². The standard InChI is InChI=1S/C23H28BrClN2O4S/c1-4-15-11-18(24)12-16(5-2)22(15)26-23(28)17-7-6-10-27(14-17)32(29,30)19-8-9-21(31-3)20(25)13-19/h8-9,11-13,17H,4-7,10,14H2,1-3H3,(H,26,28)/t17-/m0/s1. The first-order valence-corrected chi connectivity index (χ1v) is 13.3. The van der Waals surface area contributed by atoms with E-state index in [1.165, 1.54) is 29.6 Å². The van der Waals surface area contributed by atoms with E-state index in [-0.39, 0.29) is 22.4 Å². The molecular weight excluding hydrogens is 516 g/mol. The first kappa shape index (κ1) is 25.0. The largest absolute Gasteiger partial charge is 0.495 e. The van der Waals surface area contributed by atoms with Crippen LogP contribution in [-0.2, 0) is 27.7 Å². The number of halogens is 2. The summed E-state index contributed by atoms with van der Waals surface area (Å²) in [7, 11) is -2.30. The van der Waals surface area contributed by atoms with Crippen molar-refractivity contribution in [3.8, 4) is 5.75 Å². The van der Waals surface area contributed by atoms with Gasteiger partial charge in [-0.3, -0.25) is 4.79 Å². The molecule has 6 nitrogen and oxygen atoms in total. The summed E-state index contributed by atoms with van der Waals surface area (Å²) in [5.41, 5.74) is 2.94. The van der Waals surface area contributed by atoms with Crippen molar-refractivity contribution in [3.05, 3.63) is 51.0 Å². The molecule has 174 valence electrons. The van der Waals surface area contributed by atoms with Crippen LogP contribution in [0.3, 0.4) is 0 Å². The van der Waals surface area contributed by atoms with Gasteiger partial charge in [0.05, 0.1) is 22.9 Å². The molecule has 9 heteroatoms. The summed E-state index contributed by atoms with van der Waals surface area (Å²) in [6.07, 6.45) is 2.82. The Kier molecular flexibility index (Phi) is 8.25. The van der Waals surface area contributed by atoms with E-state index in [1.807, 2.05) is 26.0 Å². The van der Waals surface area contributed by atoms with E-state index < -0.39 is 15.9 Å². The molecular formula is C23H28BrClN2O4S. The molecule has 1 saturated heterocycles. The van der Waals surface area contributed by atoms with Crippen molar-refractivity contribution >= 4 is 49.1 Å². The zero-order valence-electron chi connectivity index (χ0n) is 18.5. The third kappa shape index (κ3) is 5.30. The molecule has 1 amide bonds. The average Bonchev–Trinajstić information content (AvgIpc) is 2.79. The van der Waals surface area contributed by atoms with Gasteiger partial charge in [-0.1, -0.05) is 41.4 Å². The second-order valence-corrected chi connectivity index (χ2v) is 11.1. The minimum Gasteiger partial charge on any atom is -0.495 e. The fourth-order valence-electron chi connectivity index (χ4n) is 4.00. The van der Waals surface area contributed by atoms with Gasteiger partial charge in [0.1, 0.15) is 5.75 Å². The van der Waals surface area contributed by atoms with Gasteiger partial charge in [0.25, 0.3) is 0 Å². The number of methoxy groups -OCH3 is 1. The van der Waals surface area contributed by atoms with Crippen molar-refractivity contribution in [2.45, 2.75) is 44.4 Å². The number of anilines is 1. The fourth-order valence-corrected chi connectivity index (χ4v) is 6.43. The number of hydrogen-bond acceptors (Lipinski definition) is 4. The molecule has 0 bridgehead atoms. The summed E-state index contributed by atoms with van der Waals surface area (Å²) in [6.45, 7) is 4.60. The van der Waals surface area contributed by atoms with Crippen molar-refractivity contribution in [1.29, 1.82) is 0 Å². The van der Waals surface area contributed by atoms with Gasteiger partial charge in [0.2, 0.25) is 15.9 Å². The van der Waals surface area contributed by atoms with Crippen molar-refractivity contribution in [2.75, 3.05) is 25.5 Å². The lowest BCUT2D eigenvalue weighted by Gasteiger charge is -2.31. The molecule has 2 aromatic rings. The van der Waals surface area contributed by atoms with Crippen LogP contribution in [0.25, 0.3) is 0 Å². The predicted molar refractivity (Wildman–Crippen MR) is 131 cm³/mol. The molecule has 0 spiro atoms. The van der Waals surface area contributed by atoms with Crippen LogP contribution in [-0.4, -0.2) is 38.8 Å². The summed E-state index contributed by atoms with van der Waals surface area (Å²) in [4.78, 5) is 13.2. The number of benzene rings is 2. The zero-order chi connectivity index (χ0) is 23.5. The predicted octanol–water partition coefficient (Wildman–Crippen LogP) is 5.28. The number of carbonyl (C=O) groups is 1. The maximum Gasteiger partial charge on any atom is 0.243 e. The van der Waals surface area contributed by atoms with Gasteiger partial charge < -0.3 is 10.1 Å². The lowest BCUT2D eigenvalue weighted by molar-refractivity contribution is -0.120. The van der Waals surface area contributed by atoms with Crippen LogP contribution in [0, 0.1) is 5.92 Å². The molecule has 0 unspecified atom stereocenters. The molecule has 1 N–H and O–H groups in total. The second kappa shape index (κ2) is 10.5. The Bertz CT molecular complexity index is 1080. The maximum atomic E-state index is 13.2. The van der Waals surface area contributed by atoms with Gasteiger partial charge in [-0.05, 0) is 67.1 Å². The van der Waals surface area contributed by atoms with Crippen molar-refractivity contribution in [2.24, 2.45) is 5.92 Å². The highest BCUT2D eigenvalue weighted by atomic mass is 79.9. The maximum absolute atomic E-state index is 13.2. The molecule has 0 radical (unpaired) electrons. The topological polar surface area (TPSA) is 75.7 Å². The number of nitrogens with one attached hydrogen (secondary N) is 1. The highest BCUT2D eigenvalue weighted by Crippen LogP contribution is 2.32. The van der Waals surface area contributed by atoms with E-state index in [0.717, 1.165) is 34.1 Å². The Morgan fingerprint density at radius 3 is 2.44 bits per heavy atom. The van der Waals surface area contributed by atoms with Crippen LogP contribution in [0.1, 0.15) is 37.8 Å². The first-order chi connectivity index (χ1) is 15.2. The molecule has 1 heterocycles. The Balaban J connectivity index is 1.80. The van der Waals surface area contributed by atoms with Crippen LogP contribution in [0.15, 0.2) is 39.7 Å². The highest BCUT2D eigenvalue weighted by Gasteiger charge is 2.34. The zero-order valence-corrected chi connectivity index (χ0v) is 21.6. The van der Waals surface area contributed by atoms with E-state index in [4.69, 9.17) is 16.3 Å². The van der Waals surface area contributed by atoms with Crippen LogP contribution in [0.2, 0.25) is 5.02 Å². The molecule has 0 aromatic heterocycles. The quantitative estimate of drug-likeness (QED) is 0.516. The number of hydrogen-bond donors (Lipinski definition) is 1. The lowest BCUT2D eigenvalue weighted by atomic mass is 9.97. The number of sulfonamides is 1. The third-order valence-corrected chi connectivity index (χ3v) is 8.41. The Morgan fingerprint density at radius 1 is 1.22 bits per heavy atom. The minimum atomic E-state index is -3.77. The minimum absolute atomic E-state index is 0.0961. The van der Waals surface area contributed by atoms with E-state index in [1.54, 1.807) is 0 Å². The molecule has 0 aliphatic carbocycles. The molecule has 1 atom stereocenters. The van der Waals surface area contributed by atoms with Crippen molar-refractivity contribution in [3.63, 3.8) is 0 Å². The lowest BCUT2D eigenvalue weighted by Crippen LogP contribution is -2.43.